The Balaban J connectivity index is 1.81. The molecule has 1 atom stereocenters. The highest BCUT2D eigenvalue weighted by Crippen LogP contribution is 2.19. The molecule has 0 spiro atoms. The number of fused-ring (bicyclic) bond motifs is 1. The van der Waals surface area contributed by atoms with Crippen molar-refractivity contribution in [1.29, 1.82) is 5.26 Å². The van der Waals surface area contributed by atoms with E-state index in [0.717, 1.165) is 29.7 Å². The number of aromatic nitrogens is 2. The first-order chi connectivity index (χ1) is 10.9. The maximum atomic E-state index is 13.3. The summed E-state index contributed by atoms with van der Waals surface area (Å²) in [6, 6.07) is 4.58. The van der Waals surface area contributed by atoms with Gasteiger partial charge in [0.15, 0.2) is 0 Å². The molecule has 0 radical (unpaired) electrons. The maximum Gasteiger partial charge on any atom is 0.240 e. The molecule has 2 aromatic rings. The second-order valence-corrected chi connectivity index (χ2v) is 7.28. The van der Waals surface area contributed by atoms with Crippen LogP contribution in [0.4, 0.5) is 4.39 Å². The third kappa shape index (κ3) is 3.11. The van der Waals surface area contributed by atoms with Gasteiger partial charge in [0.25, 0.3) is 0 Å². The number of nitrogens with zero attached hydrogens (tertiary/aromatic N) is 3. The van der Waals surface area contributed by atoms with Crippen LogP contribution in [0, 0.1) is 24.1 Å². The number of sulfonamides is 1. The zero-order valence-corrected chi connectivity index (χ0v) is 13.3. The molecule has 6 nitrogen and oxygen atoms in total. The van der Waals surface area contributed by atoms with Crippen molar-refractivity contribution < 1.29 is 12.8 Å². The van der Waals surface area contributed by atoms with E-state index in [1.807, 2.05) is 17.7 Å². The standard InChI is InChI=1S/C15H15FN4O2S/c1-10-8-20-9-12(2-5-15(20)18-10)19-23(21,22)13-3-4-14(16)11(6-13)7-17/h3-4,6,8,12,19H,2,5,9H2,1H3/t12-/m1/s1. The predicted molar refractivity (Wildman–Crippen MR) is 80.5 cm³/mol. The van der Waals surface area contributed by atoms with E-state index in [4.69, 9.17) is 5.26 Å². The average Bonchev–Trinajstić information content (AvgIpc) is 2.86. The van der Waals surface area contributed by atoms with Gasteiger partial charge in [-0.15, -0.1) is 0 Å². The fourth-order valence-electron chi connectivity index (χ4n) is 2.73. The SMILES string of the molecule is Cc1cn2c(n1)CC[C@@H](NS(=O)(=O)c1ccc(F)c(C#N)c1)C2. The molecule has 0 aliphatic carbocycles. The van der Waals surface area contributed by atoms with E-state index < -0.39 is 15.8 Å². The van der Waals surface area contributed by atoms with Crippen molar-refractivity contribution in [2.24, 2.45) is 0 Å². The Morgan fingerprint density at radius 2 is 2.26 bits per heavy atom. The quantitative estimate of drug-likeness (QED) is 0.921. The van der Waals surface area contributed by atoms with Crippen LogP contribution in [-0.2, 0) is 23.0 Å². The summed E-state index contributed by atoms with van der Waals surface area (Å²) in [6.45, 7) is 2.40. The van der Waals surface area contributed by atoms with Crippen LogP contribution in [0.3, 0.4) is 0 Å². The Kier molecular flexibility index (Phi) is 3.92. The van der Waals surface area contributed by atoms with Crippen LogP contribution in [0.15, 0.2) is 29.3 Å². The molecular weight excluding hydrogens is 319 g/mol. The van der Waals surface area contributed by atoms with Gasteiger partial charge in [-0.05, 0) is 31.5 Å². The van der Waals surface area contributed by atoms with E-state index in [0.29, 0.717) is 19.4 Å². The van der Waals surface area contributed by atoms with Gasteiger partial charge in [0, 0.05) is 25.2 Å². The van der Waals surface area contributed by atoms with Crippen molar-refractivity contribution in [3.63, 3.8) is 0 Å². The molecule has 0 saturated carbocycles. The number of imidazole rings is 1. The van der Waals surface area contributed by atoms with Crippen LogP contribution in [0.25, 0.3) is 0 Å². The predicted octanol–water partition coefficient (Wildman–Crippen LogP) is 1.50. The van der Waals surface area contributed by atoms with E-state index in [1.54, 1.807) is 6.07 Å². The van der Waals surface area contributed by atoms with E-state index in [-0.39, 0.29) is 16.5 Å². The Hall–Kier alpha value is -2.24. The lowest BCUT2D eigenvalue weighted by Gasteiger charge is -2.24. The molecule has 3 rings (SSSR count). The number of benzene rings is 1. The fraction of sp³-hybridized carbons (Fsp3) is 0.333. The molecule has 1 N–H and O–H groups in total. The van der Waals surface area contributed by atoms with Crippen LogP contribution >= 0.6 is 0 Å². The number of aryl methyl sites for hydroxylation is 2. The average molecular weight is 334 g/mol. The third-order valence-corrected chi connectivity index (χ3v) is 5.32. The van der Waals surface area contributed by atoms with Crippen molar-refractivity contribution in [3.05, 3.63) is 47.3 Å². The summed E-state index contributed by atoms with van der Waals surface area (Å²) in [7, 11) is -3.81. The van der Waals surface area contributed by atoms with Gasteiger partial charge >= 0.3 is 0 Å². The molecule has 1 aromatic heterocycles. The summed E-state index contributed by atoms with van der Waals surface area (Å²) >= 11 is 0. The number of nitrogens with one attached hydrogen (secondary N) is 1. The first kappa shape index (κ1) is 15.6. The highest BCUT2D eigenvalue weighted by atomic mass is 32.2. The summed E-state index contributed by atoms with van der Waals surface area (Å²) in [6.07, 6.45) is 3.22. The van der Waals surface area contributed by atoms with Crippen LogP contribution in [0.5, 0.6) is 0 Å². The molecule has 0 amide bonds. The number of hydrogen-bond acceptors (Lipinski definition) is 4. The number of rotatable bonds is 3. The van der Waals surface area contributed by atoms with Crippen LogP contribution in [0.1, 0.15) is 23.5 Å². The second kappa shape index (κ2) is 5.76. The molecule has 120 valence electrons. The number of halogens is 1. The molecule has 0 fully saturated rings. The van der Waals surface area contributed by atoms with Gasteiger partial charge in [0.1, 0.15) is 17.7 Å². The lowest BCUT2D eigenvalue weighted by atomic mass is 10.1. The first-order valence-electron chi connectivity index (χ1n) is 7.13. The van der Waals surface area contributed by atoms with Gasteiger partial charge in [-0.3, -0.25) is 0 Å². The molecule has 0 bridgehead atoms. The van der Waals surface area contributed by atoms with Crippen molar-refractivity contribution >= 4 is 10.0 Å². The summed E-state index contributed by atoms with van der Waals surface area (Å²) < 4.78 is 42.8. The molecule has 0 saturated heterocycles. The Labute approximate surface area is 133 Å². The largest absolute Gasteiger partial charge is 0.333 e. The lowest BCUT2D eigenvalue weighted by Crippen LogP contribution is -2.40. The van der Waals surface area contributed by atoms with Gasteiger partial charge in [-0.2, -0.15) is 5.26 Å². The molecule has 1 aliphatic rings. The molecule has 1 aliphatic heterocycles. The minimum absolute atomic E-state index is 0.108. The second-order valence-electron chi connectivity index (χ2n) is 5.56. The van der Waals surface area contributed by atoms with Gasteiger partial charge in [0.05, 0.1) is 16.2 Å². The third-order valence-electron chi connectivity index (χ3n) is 3.80. The summed E-state index contributed by atoms with van der Waals surface area (Å²) in [5, 5.41) is 8.83. The summed E-state index contributed by atoms with van der Waals surface area (Å²) in [5.74, 6) is 0.217. The zero-order valence-electron chi connectivity index (χ0n) is 12.5. The molecular formula is C15H15FN4O2S. The van der Waals surface area contributed by atoms with Crippen LogP contribution in [0.2, 0.25) is 0 Å². The van der Waals surface area contributed by atoms with E-state index in [2.05, 4.69) is 9.71 Å². The maximum absolute atomic E-state index is 13.3. The molecule has 23 heavy (non-hydrogen) atoms. The number of nitriles is 1. The van der Waals surface area contributed by atoms with Crippen LogP contribution in [-0.4, -0.2) is 24.0 Å². The smallest absolute Gasteiger partial charge is 0.240 e. The Morgan fingerprint density at radius 3 is 3.00 bits per heavy atom. The van der Waals surface area contributed by atoms with Crippen LogP contribution < -0.4 is 4.72 Å². The number of hydrogen-bond donors (Lipinski definition) is 1. The van der Waals surface area contributed by atoms with E-state index >= 15 is 0 Å². The molecule has 8 heteroatoms. The van der Waals surface area contributed by atoms with Crippen molar-refractivity contribution in [2.45, 2.75) is 37.2 Å². The van der Waals surface area contributed by atoms with Gasteiger partial charge < -0.3 is 4.57 Å². The van der Waals surface area contributed by atoms with Gasteiger partial charge in [0.2, 0.25) is 10.0 Å². The first-order valence-corrected chi connectivity index (χ1v) is 8.62. The molecule has 0 unspecified atom stereocenters. The monoisotopic (exact) mass is 334 g/mol. The Bertz CT molecular complexity index is 899. The molecule has 1 aromatic carbocycles. The zero-order chi connectivity index (χ0) is 16.6. The minimum Gasteiger partial charge on any atom is -0.333 e. The van der Waals surface area contributed by atoms with Crippen molar-refractivity contribution in [3.8, 4) is 6.07 Å². The van der Waals surface area contributed by atoms with E-state index in [1.165, 1.54) is 0 Å². The lowest BCUT2D eigenvalue weighted by molar-refractivity contribution is 0.421. The summed E-state index contributed by atoms with van der Waals surface area (Å²) in [4.78, 5) is 4.27. The van der Waals surface area contributed by atoms with E-state index in [9.17, 15) is 12.8 Å². The molecule has 2 heterocycles. The minimum atomic E-state index is -3.81. The normalized spacial score (nSPS) is 17.5. The van der Waals surface area contributed by atoms with Gasteiger partial charge in [-0.25, -0.2) is 22.5 Å². The summed E-state index contributed by atoms with van der Waals surface area (Å²) in [5.41, 5.74) is 0.616. The Morgan fingerprint density at radius 1 is 1.48 bits per heavy atom. The topological polar surface area (TPSA) is 87.8 Å². The van der Waals surface area contributed by atoms with Gasteiger partial charge in [-0.1, -0.05) is 0 Å². The highest BCUT2D eigenvalue weighted by Gasteiger charge is 2.25. The van der Waals surface area contributed by atoms with Crippen molar-refractivity contribution in [1.82, 2.24) is 14.3 Å². The van der Waals surface area contributed by atoms with Crippen molar-refractivity contribution in [2.75, 3.05) is 0 Å². The highest BCUT2D eigenvalue weighted by molar-refractivity contribution is 7.89. The fourth-order valence-corrected chi connectivity index (χ4v) is 4.01.